The normalized spacial score (nSPS) is 21.0. The molecule has 2 aromatic rings. The second-order valence-electron chi connectivity index (χ2n) is 8.83. The lowest BCUT2D eigenvalue weighted by atomic mass is 9.91. The number of aromatic nitrogens is 1. The summed E-state index contributed by atoms with van der Waals surface area (Å²) in [7, 11) is -2.24. The molecule has 1 aromatic carbocycles. The van der Waals surface area contributed by atoms with Crippen LogP contribution in [0.5, 0.6) is 0 Å². The second kappa shape index (κ2) is 9.23. The lowest BCUT2D eigenvalue weighted by Gasteiger charge is -2.38. The van der Waals surface area contributed by atoms with Crippen molar-refractivity contribution in [1.82, 2.24) is 13.8 Å². The number of amides is 1. The van der Waals surface area contributed by atoms with Crippen LogP contribution in [0.2, 0.25) is 0 Å². The van der Waals surface area contributed by atoms with Gasteiger partial charge in [0.1, 0.15) is 0 Å². The third-order valence-corrected chi connectivity index (χ3v) is 8.62. The van der Waals surface area contributed by atoms with Crippen molar-refractivity contribution >= 4 is 27.0 Å². The van der Waals surface area contributed by atoms with E-state index in [2.05, 4.69) is 6.58 Å². The van der Waals surface area contributed by atoms with Crippen molar-refractivity contribution in [2.24, 2.45) is 13.0 Å². The van der Waals surface area contributed by atoms with Gasteiger partial charge < -0.3 is 9.32 Å². The maximum atomic E-state index is 13.4. The largest absolute Gasteiger partial charge is 0.419 e. The Morgan fingerprint density at radius 3 is 2.69 bits per heavy atom. The van der Waals surface area contributed by atoms with Gasteiger partial charge in [0, 0.05) is 38.8 Å². The fourth-order valence-corrected chi connectivity index (χ4v) is 6.51. The van der Waals surface area contributed by atoms with Crippen molar-refractivity contribution in [3.05, 3.63) is 41.4 Å². The van der Waals surface area contributed by atoms with Gasteiger partial charge >= 0.3 is 5.76 Å². The zero-order valence-corrected chi connectivity index (χ0v) is 19.3. The molecule has 9 heteroatoms. The molecule has 1 amide bonds. The van der Waals surface area contributed by atoms with Crippen LogP contribution in [-0.2, 0) is 21.9 Å². The molecule has 2 fully saturated rings. The molecule has 1 aliphatic heterocycles. The topological polar surface area (TPSA) is 92.8 Å². The van der Waals surface area contributed by atoms with E-state index >= 15 is 0 Å². The third kappa shape index (κ3) is 4.28. The van der Waals surface area contributed by atoms with E-state index in [0.717, 1.165) is 25.7 Å². The lowest BCUT2D eigenvalue weighted by molar-refractivity contribution is -0.139. The fourth-order valence-electron chi connectivity index (χ4n) is 4.97. The molecule has 1 saturated heterocycles. The quantitative estimate of drug-likeness (QED) is 0.617. The van der Waals surface area contributed by atoms with Crippen LogP contribution in [-0.4, -0.2) is 53.8 Å². The molecule has 2 aliphatic rings. The summed E-state index contributed by atoms with van der Waals surface area (Å²) in [5.41, 5.74) is 0.769. The SMILES string of the molecule is C=CCN(C(=O)[C@@H]1CCCN(S(=O)(=O)c2ccc3c(c2)oc(=O)n3C)C1)C1CCCCC1. The summed E-state index contributed by atoms with van der Waals surface area (Å²) < 4.78 is 34.6. The van der Waals surface area contributed by atoms with Crippen molar-refractivity contribution in [1.29, 1.82) is 0 Å². The predicted octanol–water partition coefficient (Wildman–Crippen LogP) is 2.88. The monoisotopic (exact) mass is 461 g/mol. The summed E-state index contributed by atoms with van der Waals surface area (Å²) in [6.07, 6.45) is 8.50. The molecule has 0 N–H and O–H groups in total. The molecule has 1 saturated carbocycles. The summed E-state index contributed by atoms with van der Waals surface area (Å²) in [6.45, 7) is 4.85. The molecular formula is C23H31N3O5S. The number of nitrogens with zero attached hydrogens (tertiary/aromatic N) is 3. The van der Waals surface area contributed by atoms with Crippen molar-refractivity contribution < 1.29 is 17.6 Å². The van der Waals surface area contributed by atoms with E-state index in [9.17, 15) is 18.0 Å². The molecule has 0 unspecified atom stereocenters. The Hall–Kier alpha value is -2.39. The molecule has 0 bridgehead atoms. The van der Waals surface area contributed by atoms with E-state index in [0.29, 0.717) is 31.4 Å². The van der Waals surface area contributed by atoms with Gasteiger partial charge in [0.2, 0.25) is 15.9 Å². The average Bonchev–Trinajstić information content (AvgIpc) is 3.10. The Kier molecular flexibility index (Phi) is 6.57. The molecule has 1 aromatic heterocycles. The third-order valence-electron chi connectivity index (χ3n) is 6.76. The number of rotatable bonds is 6. The highest BCUT2D eigenvalue weighted by atomic mass is 32.2. The minimum atomic E-state index is -3.82. The Balaban J connectivity index is 1.55. The van der Waals surface area contributed by atoms with Crippen molar-refractivity contribution in [3.8, 4) is 0 Å². The molecule has 32 heavy (non-hydrogen) atoms. The Morgan fingerprint density at radius 2 is 1.97 bits per heavy atom. The van der Waals surface area contributed by atoms with Crippen LogP contribution in [0, 0.1) is 5.92 Å². The van der Waals surface area contributed by atoms with Gasteiger partial charge in [-0.1, -0.05) is 25.3 Å². The van der Waals surface area contributed by atoms with Crippen LogP contribution in [0.3, 0.4) is 0 Å². The van der Waals surface area contributed by atoms with Crippen LogP contribution in [0.1, 0.15) is 44.9 Å². The number of carbonyl (C=O) groups excluding carboxylic acids is 1. The van der Waals surface area contributed by atoms with E-state index in [4.69, 9.17) is 4.42 Å². The van der Waals surface area contributed by atoms with Crippen LogP contribution in [0.25, 0.3) is 11.1 Å². The molecule has 174 valence electrons. The van der Waals surface area contributed by atoms with E-state index < -0.39 is 15.8 Å². The van der Waals surface area contributed by atoms with Gasteiger partial charge in [0.25, 0.3) is 0 Å². The van der Waals surface area contributed by atoms with Gasteiger partial charge in [-0.15, -0.1) is 6.58 Å². The molecule has 0 spiro atoms. The van der Waals surface area contributed by atoms with Gasteiger partial charge in [-0.05, 0) is 37.8 Å². The molecule has 0 radical (unpaired) electrons. The number of oxazole rings is 1. The molecule has 4 rings (SSSR count). The van der Waals surface area contributed by atoms with Gasteiger partial charge in [-0.2, -0.15) is 4.31 Å². The number of carbonyl (C=O) groups is 1. The van der Waals surface area contributed by atoms with Crippen LogP contribution in [0.4, 0.5) is 0 Å². The first-order chi connectivity index (χ1) is 15.3. The summed E-state index contributed by atoms with van der Waals surface area (Å²) in [5, 5.41) is 0. The van der Waals surface area contributed by atoms with E-state index in [1.807, 2.05) is 4.90 Å². The Bertz CT molecular complexity index is 1160. The molecule has 8 nitrogen and oxygen atoms in total. The highest BCUT2D eigenvalue weighted by molar-refractivity contribution is 7.89. The number of benzene rings is 1. The predicted molar refractivity (Wildman–Crippen MR) is 122 cm³/mol. The number of hydrogen-bond acceptors (Lipinski definition) is 5. The van der Waals surface area contributed by atoms with Gasteiger partial charge in [-0.25, -0.2) is 13.2 Å². The van der Waals surface area contributed by atoms with Crippen LogP contribution in [0.15, 0.2) is 45.0 Å². The van der Waals surface area contributed by atoms with Gasteiger partial charge in [0.05, 0.1) is 16.3 Å². The number of hydrogen-bond donors (Lipinski definition) is 0. The zero-order valence-electron chi connectivity index (χ0n) is 18.5. The first kappa shape index (κ1) is 22.8. The zero-order chi connectivity index (χ0) is 22.9. The summed E-state index contributed by atoms with van der Waals surface area (Å²) >= 11 is 0. The van der Waals surface area contributed by atoms with Crippen LogP contribution >= 0.6 is 0 Å². The van der Waals surface area contributed by atoms with Crippen LogP contribution < -0.4 is 5.76 Å². The van der Waals surface area contributed by atoms with E-state index in [1.54, 1.807) is 19.2 Å². The Labute approximate surface area is 188 Å². The molecular weight excluding hydrogens is 430 g/mol. The van der Waals surface area contributed by atoms with Gasteiger partial charge in [-0.3, -0.25) is 9.36 Å². The fraction of sp³-hybridized carbons (Fsp3) is 0.565. The number of aryl methyl sites for hydroxylation is 1. The summed E-state index contributed by atoms with van der Waals surface area (Å²) in [6, 6.07) is 4.67. The smallest absolute Gasteiger partial charge is 0.408 e. The minimum Gasteiger partial charge on any atom is -0.408 e. The maximum absolute atomic E-state index is 13.4. The second-order valence-corrected chi connectivity index (χ2v) is 10.8. The number of fused-ring (bicyclic) bond motifs is 1. The number of piperidine rings is 1. The van der Waals surface area contributed by atoms with Crippen molar-refractivity contribution in [2.75, 3.05) is 19.6 Å². The molecule has 2 heterocycles. The first-order valence-electron chi connectivity index (χ1n) is 11.3. The van der Waals surface area contributed by atoms with Gasteiger partial charge in [0.15, 0.2) is 5.58 Å². The standard InChI is InChI=1S/C23H31N3O5S/c1-3-13-26(18-9-5-4-6-10-18)22(27)17-8-7-14-25(16-17)32(29,30)19-11-12-20-21(15-19)31-23(28)24(20)2/h3,11-12,15,17-18H,1,4-10,13-14,16H2,2H3/t17-/m1/s1. The van der Waals surface area contributed by atoms with Crippen molar-refractivity contribution in [2.45, 2.75) is 55.9 Å². The average molecular weight is 462 g/mol. The summed E-state index contributed by atoms with van der Waals surface area (Å²) in [5.74, 6) is -0.872. The van der Waals surface area contributed by atoms with E-state index in [1.165, 1.54) is 27.4 Å². The van der Waals surface area contributed by atoms with Crippen molar-refractivity contribution in [3.63, 3.8) is 0 Å². The Morgan fingerprint density at radius 1 is 1.22 bits per heavy atom. The minimum absolute atomic E-state index is 0.0289. The molecule has 1 aliphatic carbocycles. The van der Waals surface area contributed by atoms with E-state index in [-0.39, 0.29) is 34.9 Å². The lowest BCUT2D eigenvalue weighted by Crippen LogP contribution is -2.50. The summed E-state index contributed by atoms with van der Waals surface area (Å²) in [4.78, 5) is 27.2. The highest BCUT2D eigenvalue weighted by Crippen LogP contribution is 2.29. The highest BCUT2D eigenvalue weighted by Gasteiger charge is 2.37. The maximum Gasteiger partial charge on any atom is 0.419 e. The molecule has 1 atom stereocenters. The number of sulfonamides is 1. The first-order valence-corrected chi connectivity index (χ1v) is 12.8.